The van der Waals surface area contributed by atoms with Crippen molar-refractivity contribution in [3.05, 3.63) is 23.8 Å². The van der Waals surface area contributed by atoms with Crippen molar-refractivity contribution in [3.63, 3.8) is 0 Å². The largest absolute Gasteiger partial charge is 0.493 e. The van der Waals surface area contributed by atoms with E-state index < -0.39 is 0 Å². The van der Waals surface area contributed by atoms with E-state index >= 15 is 0 Å². The highest BCUT2D eigenvalue weighted by molar-refractivity contribution is 5.42. The van der Waals surface area contributed by atoms with Gasteiger partial charge in [0.1, 0.15) is 0 Å². The van der Waals surface area contributed by atoms with Gasteiger partial charge in [-0.3, -0.25) is 4.90 Å². The molecule has 1 aromatic carbocycles. The van der Waals surface area contributed by atoms with Crippen molar-refractivity contribution in [2.45, 2.75) is 31.8 Å². The van der Waals surface area contributed by atoms with Crippen molar-refractivity contribution in [1.82, 2.24) is 4.90 Å². The third-order valence-electron chi connectivity index (χ3n) is 3.79. The zero-order chi connectivity index (χ0) is 13.7. The minimum Gasteiger partial charge on any atom is -0.493 e. The Balaban J connectivity index is 2.09. The van der Waals surface area contributed by atoms with Gasteiger partial charge in [-0.1, -0.05) is 12.5 Å². The van der Waals surface area contributed by atoms with Crippen LogP contribution >= 0.6 is 0 Å². The number of benzene rings is 1. The van der Waals surface area contributed by atoms with Crippen LogP contribution in [0.25, 0.3) is 0 Å². The molecular formula is C15H23NO3. The Labute approximate surface area is 114 Å². The predicted octanol–water partition coefficient (Wildman–Crippen LogP) is 2.05. The van der Waals surface area contributed by atoms with E-state index in [1.165, 1.54) is 18.4 Å². The highest BCUT2D eigenvalue weighted by Gasteiger charge is 2.21. The molecule has 1 fully saturated rings. The molecule has 1 unspecified atom stereocenters. The van der Waals surface area contributed by atoms with Crippen LogP contribution in [0.3, 0.4) is 0 Å². The number of hydrogen-bond donors (Lipinski definition) is 1. The third kappa shape index (κ3) is 3.39. The van der Waals surface area contributed by atoms with Crippen LogP contribution in [-0.4, -0.2) is 43.4 Å². The van der Waals surface area contributed by atoms with Gasteiger partial charge in [-0.15, -0.1) is 0 Å². The molecule has 0 spiro atoms. The van der Waals surface area contributed by atoms with E-state index in [0.717, 1.165) is 31.0 Å². The smallest absolute Gasteiger partial charge is 0.161 e. The summed E-state index contributed by atoms with van der Waals surface area (Å²) in [4.78, 5) is 2.35. The topological polar surface area (TPSA) is 41.9 Å². The molecule has 1 aliphatic rings. The number of hydrogen-bond acceptors (Lipinski definition) is 4. The van der Waals surface area contributed by atoms with Crippen LogP contribution in [0.15, 0.2) is 18.2 Å². The molecule has 1 saturated heterocycles. The molecule has 1 atom stereocenters. The molecule has 106 valence electrons. The summed E-state index contributed by atoms with van der Waals surface area (Å²) in [6.45, 7) is 2.15. The van der Waals surface area contributed by atoms with Crippen molar-refractivity contribution in [3.8, 4) is 11.5 Å². The number of piperidine rings is 1. The predicted molar refractivity (Wildman–Crippen MR) is 74.7 cm³/mol. The number of aliphatic hydroxyl groups excluding tert-OH is 1. The zero-order valence-electron chi connectivity index (χ0n) is 11.8. The summed E-state index contributed by atoms with van der Waals surface area (Å²) >= 11 is 0. The van der Waals surface area contributed by atoms with Gasteiger partial charge in [0.15, 0.2) is 11.5 Å². The summed E-state index contributed by atoms with van der Waals surface area (Å²) in [6.07, 6.45) is 3.52. The van der Waals surface area contributed by atoms with Gasteiger partial charge in [0.2, 0.25) is 0 Å². The van der Waals surface area contributed by atoms with E-state index in [1.54, 1.807) is 14.2 Å². The number of ether oxygens (including phenoxy) is 2. The lowest BCUT2D eigenvalue weighted by Crippen LogP contribution is -2.41. The standard InChI is InChI=1S/C15H23NO3/c1-18-14-7-6-12(9-15(14)19-2)10-16-8-4-3-5-13(16)11-17/h6-7,9,13,17H,3-5,8,10-11H2,1-2H3. The lowest BCUT2D eigenvalue weighted by molar-refractivity contribution is 0.0840. The number of methoxy groups -OCH3 is 2. The first-order valence-electron chi connectivity index (χ1n) is 6.84. The van der Waals surface area contributed by atoms with Crippen LogP contribution in [0.2, 0.25) is 0 Å². The molecule has 0 aromatic heterocycles. The molecule has 1 aliphatic heterocycles. The number of aliphatic hydroxyl groups is 1. The van der Waals surface area contributed by atoms with Crippen LogP contribution in [0.5, 0.6) is 11.5 Å². The number of nitrogens with zero attached hydrogens (tertiary/aromatic N) is 1. The summed E-state index contributed by atoms with van der Waals surface area (Å²) in [5.41, 5.74) is 1.19. The van der Waals surface area contributed by atoms with Gasteiger partial charge in [0, 0.05) is 12.6 Å². The normalized spacial score (nSPS) is 20.3. The lowest BCUT2D eigenvalue weighted by atomic mass is 10.0. The fraction of sp³-hybridized carbons (Fsp3) is 0.600. The van der Waals surface area contributed by atoms with Gasteiger partial charge in [0.05, 0.1) is 20.8 Å². The zero-order valence-corrected chi connectivity index (χ0v) is 11.8. The van der Waals surface area contributed by atoms with Crippen LogP contribution in [-0.2, 0) is 6.54 Å². The van der Waals surface area contributed by atoms with E-state index in [2.05, 4.69) is 11.0 Å². The van der Waals surface area contributed by atoms with Gasteiger partial charge in [-0.25, -0.2) is 0 Å². The van der Waals surface area contributed by atoms with Gasteiger partial charge in [-0.2, -0.15) is 0 Å². The minimum absolute atomic E-state index is 0.243. The second-order valence-electron chi connectivity index (χ2n) is 4.99. The van der Waals surface area contributed by atoms with Gasteiger partial charge in [-0.05, 0) is 37.1 Å². The van der Waals surface area contributed by atoms with Crippen molar-refractivity contribution in [1.29, 1.82) is 0 Å². The van der Waals surface area contributed by atoms with Crippen LogP contribution in [0.4, 0.5) is 0 Å². The van der Waals surface area contributed by atoms with Crippen molar-refractivity contribution >= 4 is 0 Å². The molecule has 0 amide bonds. The van der Waals surface area contributed by atoms with Gasteiger partial charge >= 0.3 is 0 Å². The quantitative estimate of drug-likeness (QED) is 0.885. The molecule has 1 aromatic rings. The molecule has 0 bridgehead atoms. The summed E-state index contributed by atoms with van der Waals surface area (Å²) in [7, 11) is 3.29. The Morgan fingerprint density at radius 2 is 2.00 bits per heavy atom. The molecule has 4 nitrogen and oxygen atoms in total. The molecule has 0 radical (unpaired) electrons. The summed E-state index contributed by atoms with van der Waals surface area (Å²) in [6, 6.07) is 6.31. The van der Waals surface area contributed by atoms with E-state index in [4.69, 9.17) is 9.47 Å². The maximum absolute atomic E-state index is 9.44. The maximum Gasteiger partial charge on any atom is 0.161 e. The maximum atomic E-state index is 9.44. The van der Waals surface area contributed by atoms with Gasteiger partial charge < -0.3 is 14.6 Å². The Morgan fingerprint density at radius 1 is 1.21 bits per heavy atom. The fourth-order valence-corrected chi connectivity index (χ4v) is 2.69. The van der Waals surface area contributed by atoms with Crippen LogP contribution < -0.4 is 9.47 Å². The third-order valence-corrected chi connectivity index (χ3v) is 3.79. The van der Waals surface area contributed by atoms with E-state index in [1.807, 2.05) is 12.1 Å². The van der Waals surface area contributed by atoms with E-state index in [-0.39, 0.29) is 6.61 Å². The Morgan fingerprint density at radius 3 is 2.68 bits per heavy atom. The second-order valence-corrected chi connectivity index (χ2v) is 4.99. The average molecular weight is 265 g/mol. The Bertz CT molecular complexity index is 408. The Kier molecular flexibility index (Phi) is 5.05. The molecule has 19 heavy (non-hydrogen) atoms. The van der Waals surface area contributed by atoms with Crippen molar-refractivity contribution < 1.29 is 14.6 Å². The first-order chi connectivity index (χ1) is 9.28. The fourth-order valence-electron chi connectivity index (χ4n) is 2.69. The first-order valence-corrected chi connectivity index (χ1v) is 6.84. The summed E-state index contributed by atoms with van der Waals surface area (Å²) in [5, 5.41) is 9.44. The Hall–Kier alpha value is -1.26. The molecule has 4 heteroatoms. The van der Waals surface area contributed by atoms with Crippen LogP contribution in [0.1, 0.15) is 24.8 Å². The highest BCUT2D eigenvalue weighted by atomic mass is 16.5. The molecule has 1 N–H and O–H groups in total. The summed E-state index contributed by atoms with van der Waals surface area (Å²) < 4.78 is 10.6. The van der Waals surface area contributed by atoms with Crippen molar-refractivity contribution in [2.75, 3.05) is 27.4 Å². The molecule has 0 aliphatic carbocycles. The van der Waals surface area contributed by atoms with Gasteiger partial charge in [0.25, 0.3) is 0 Å². The molecule has 2 rings (SSSR count). The number of rotatable bonds is 5. The highest BCUT2D eigenvalue weighted by Crippen LogP contribution is 2.29. The summed E-state index contributed by atoms with van der Waals surface area (Å²) in [5.74, 6) is 1.51. The minimum atomic E-state index is 0.243. The SMILES string of the molecule is COc1ccc(CN2CCCCC2CO)cc1OC. The second kappa shape index (κ2) is 6.78. The number of likely N-dealkylation sites (tertiary alicyclic amines) is 1. The van der Waals surface area contributed by atoms with Crippen molar-refractivity contribution in [2.24, 2.45) is 0 Å². The molecular weight excluding hydrogens is 242 g/mol. The molecule has 0 saturated carbocycles. The first kappa shape index (κ1) is 14.2. The molecule has 1 heterocycles. The monoisotopic (exact) mass is 265 g/mol. The average Bonchev–Trinajstić information content (AvgIpc) is 2.47. The van der Waals surface area contributed by atoms with E-state index in [9.17, 15) is 5.11 Å². The lowest BCUT2D eigenvalue weighted by Gasteiger charge is -2.34. The van der Waals surface area contributed by atoms with Crippen LogP contribution in [0, 0.1) is 0 Å². The van der Waals surface area contributed by atoms with E-state index in [0.29, 0.717) is 6.04 Å².